The summed E-state index contributed by atoms with van der Waals surface area (Å²) >= 11 is 0. The molecular weight excluding hydrogens is 228 g/mol. The lowest BCUT2D eigenvalue weighted by Crippen LogP contribution is -2.52. The highest BCUT2D eigenvalue weighted by molar-refractivity contribution is 5.92. The molecule has 2 heterocycles. The van der Waals surface area contributed by atoms with Crippen LogP contribution in [-0.2, 0) is 0 Å². The normalized spacial score (nSPS) is 24.1. The Morgan fingerprint density at radius 3 is 3.06 bits per heavy atom. The summed E-state index contributed by atoms with van der Waals surface area (Å²) in [6.07, 6.45) is 4.02. The van der Waals surface area contributed by atoms with Crippen molar-refractivity contribution >= 4 is 5.91 Å². The Hall–Kier alpha value is -1.49. The van der Waals surface area contributed by atoms with Crippen molar-refractivity contribution in [1.82, 2.24) is 20.2 Å². The van der Waals surface area contributed by atoms with Gasteiger partial charge in [0.15, 0.2) is 0 Å². The third kappa shape index (κ3) is 2.22. The molecular formula is C13H18N4O. The first-order chi connectivity index (χ1) is 8.75. The molecule has 18 heavy (non-hydrogen) atoms. The van der Waals surface area contributed by atoms with Crippen molar-refractivity contribution in [2.24, 2.45) is 0 Å². The number of hydrogen-bond donors (Lipinski definition) is 1. The van der Waals surface area contributed by atoms with Crippen LogP contribution in [0, 0.1) is 0 Å². The number of piperazine rings is 1. The van der Waals surface area contributed by atoms with Crippen LogP contribution < -0.4 is 5.32 Å². The molecule has 1 saturated heterocycles. The summed E-state index contributed by atoms with van der Waals surface area (Å²) in [7, 11) is 0. The summed E-state index contributed by atoms with van der Waals surface area (Å²) in [6, 6.07) is 1.95. The molecule has 1 aliphatic carbocycles. The molecule has 2 aliphatic rings. The molecule has 0 spiro atoms. The molecule has 1 aromatic heterocycles. The standard InChI is InChI=1S/C13H18N4O/c1-9-8-14-6-7-17(9)13(18)11-4-5-15-12(16-11)10-2-3-10/h4-5,9-10,14H,2-3,6-8H2,1H3. The molecule has 1 saturated carbocycles. The van der Waals surface area contributed by atoms with E-state index >= 15 is 0 Å². The minimum atomic E-state index is 0.0355. The zero-order valence-corrected chi connectivity index (χ0v) is 10.6. The van der Waals surface area contributed by atoms with Crippen molar-refractivity contribution in [3.63, 3.8) is 0 Å². The van der Waals surface area contributed by atoms with Crippen LogP contribution in [0.2, 0.25) is 0 Å². The van der Waals surface area contributed by atoms with E-state index in [4.69, 9.17) is 0 Å². The first kappa shape index (κ1) is 11.6. The first-order valence-electron chi connectivity index (χ1n) is 6.60. The van der Waals surface area contributed by atoms with E-state index in [0.29, 0.717) is 11.6 Å². The zero-order chi connectivity index (χ0) is 12.5. The lowest BCUT2D eigenvalue weighted by atomic mass is 10.2. The van der Waals surface area contributed by atoms with E-state index < -0.39 is 0 Å². The number of nitrogens with zero attached hydrogens (tertiary/aromatic N) is 3. The number of aromatic nitrogens is 2. The SMILES string of the molecule is CC1CNCCN1C(=O)c1ccnc(C2CC2)n1. The highest BCUT2D eigenvalue weighted by Crippen LogP contribution is 2.37. The lowest BCUT2D eigenvalue weighted by Gasteiger charge is -2.33. The molecule has 2 fully saturated rings. The number of hydrogen-bond acceptors (Lipinski definition) is 4. The average Bonchev–Trinajstić information content (AvgIpc) is 3.23. The predicted octanol–water partition coefficient (Wildman–Crippen LogP) is 0.788. The molecule has 5 nitrogen and oxygen atoms in total. The fourth-order valence-electron chi connectivity index (χ4n) is 2.32. The largest absolute Gasteiger partial charge is 0.332 e. The predicted molar refractivity (Wildman–Crippen MR) is 67.4 cm³/mol. The fourth-order valence-corrected chi connectivity index (χ4v) is 2.32. The molecule has 3 rings (SSSR count). The quantitative estimate of drug-likeness (QED) is 0.838. The van der Waals surface area contributed by atoms with E-state index in [1.165, 1.54) is 0 Å². The highest BCUT2D eigenvalue weighted by atomic mass is 16.2. The molecule has 1 unspecified atom stereocenters. The number of nitrogens with one attached hydrogen (secondary N) is 1. The van der Waals surface area contributed by atoms with E-state index in [1.807, 2.05) is 4.90 Å². The van der Waals surface area contributed by atoms with Gasteiger partial charge in [0.1, 0.15) is 11.5 Å². The molecule has 0 bridgehead atoms. The minimum Gasteiger partial charge on any atom is -0.332 e. The van der Waals surface area contributed by atoms with Gasteiger partial charge in [-0.05, 0) is 25.8 Å². The Labute approximate surface area is 107 Å². The van der Waals surface area contributed by atoms with Gasteiger partial charge in [0, 0.05) is 37.8 Å². The number of amides is 1. The van der Waals surface area contributed by atoms with Gasteiger partial charge in [0.2, 0.25) is 0 Å². The second kappa shape index (κ2) is 4.65. The Morgan fingerprint density at radius 2 is 2.33 bits per heavy atom. The van der Waals surface area contributed by atoms with Crippen molar-refractivity contribution in [3.05, 3.63) is 23.8 Å². The van der Waals surface area contributed by atoms with Gasteiger partial charge >= 0.3 is 0 Å². The van der Waals surface area contributed by atoms with Gasteiger partial charge in [-0.1, -0.05) is 0 Å². The maximum absolute atomic E-state index is 12.4. The van der Waals surface area contributed by atoms with Crippen LogP contribution in [0.25, 0.3) is 0 Å². The van der Waals surface area contributed by atoms with E-state index in [0.717, 1.165) is 38.3 Å². The van der Waals surface area contributed by atoms with Gasteiger partial charge in [0.25, 0.3) is 5.91 Å². The first-order valence-corrected chi connectivity index (χ1v) is 6.60. The summed E-state index contributed by atoms with van der Waals surface area (Å²) in [5.41, 5.74) is 0.542. The summed E-state index contributed by atoms with van der Waals surface area (Å²) in [6.45, 7) is 4.53. The number of carbonyl (C=O) groups is 1. The van der Waals surface area contributed by atoms with E-state index in [-0.39, 0.29) is 11.9 Å². The fraction of sp³-hybridized carbons (Fsp3) is 0.615. The zero-order valence-electron chi connectivity index (χ0n) is 10.6. The van der Waals surface area contributed by atoms with Gasteiger partial charge in [-0.2, -0.15) is 0 Å². The molecule has 96 valence electrons. The van der Waals surface area contributed by atoms with Crippen molar-refractivity contribution in [1.29, 1.82) is 0 Å². The third-order valence-corrected chi connectivity index (χ3v) is 3.60. The van der Waals surface area contributed by atoms with Crippen molar-refractivity contribution < 1.29 is 4.79 Å². The van der Waals surface area contributed by atoms with Crippen LogP contribution in [-0.4, -0.2) is 46.5 Å². The lowest BCUT2D eigenvalue weighted by molar-refractivity contribution is 0.0649. The Morgan fingerprint density at radius 1 is 1.50 bits per heavy atom. The molecule has 1 aromatic rings. The van der Waals surface area contributed by atoms with Gasteiger partial charge in [-0.15, -0.1) is 0 Å². The molecule has 0 radical (unpaired) electrons. The molecule has 0 aromatic carbocycles. The molecule has 1 amide bonds. The van der Waals surface area contributed by atoms with Crippen LogP contribution in [0.4, 0.5) is 0 Å². The van der Waals surface area contributed by atoms with Crippen LogP contribution in [0.3, 0.4) is 0 Å². The molecule has 1 atom stereocenters. The summed E-state index contributed by atoms with van der Waals surface area (Å²) in [5.74, 6) is 1.36. The van der Waals surface area contributed by atoms with Crippen LogP contribution in [0.15, 0.2) is 12.3 Å². The van der Waals surface area contributed by atoms with Crippen molar-refractivity contribution in [3.8, 4) is 0 Å². The van der Waals surface area contributed by atoms with E-state index in [9.17, 15) is 4.79 Å². The topological polar surface area (TPSA) is 58.1 Å². The Balaban J connectivity index is 1.80. The van der Waals surface area contributed by atoms with Gasteiger partial charge < -0.3 is 10.2 Å². The third-order valence-electron chi connectivity index (χ3n) is 3.60. The highest BCUT2D eigenvalue weighted by Gasteiger charge is 2.29. The Kier molecular flexibility index (Phi) is 2.99. The van der Waals surface area contributed by atoms with Crippen molar-refractivity contribution in [2.75, 3.05) is 19.6 Å². The minimum absolute atomic E-state index is 0.0355. The summed E-state index contributed by atoms with van der Waals surface area (Å²) in [4.78, 5) is 23.0. The van der Waals surface area contributed by atoms with Gasteiger partial charge in [-0.3, -0.25) is 4.79 Å². The van der Waals surface area contributed by atoms with E-state index in [2.05, 4.69) is 22.2 Å². The number of carbonyl (C=O) groups excluding carboxylic acids is 1. The van der Waals surface area contributed by atoms with Gasteiger partial charge in [-0.25, -0.2) is 9.97 Å². The molecule has 1 aliphatic heterocycles. The monoisotopic (exact) mass is 246 g/mol. The van der Waals surface area contributed by atoms with Crippen LogP contribution in [0.1, 0.15) is 42.0 Å². The second-order valence-corrected chi connectivity index (χ2v) is 5.13. The second-order valence-electron chi connectivity index (χ2n) is 5.13. The maximum atomic E-state index is 12.4. The number of rotatable bonds is 2. The summed E-state index contributed by atoms with van der Waals surface area (Å²) < 4.78 is 0. The summed E-state index contributed by atoms with van der Waals surface area (Å²) in [5, 5.41) is 3.28. The Bertz CT molecular complexity index is 458. The molecule has 1 N–H and O–H groups in total. The molecule has 5 heteroatoms. The van der Waals surface area contributed by atoms with E-state index in [1.54, 1.807) is 12.3 Å². The van der Waals surface area contributed by atoms with Crippen molar-refractivity contribution in [2.45, 2.75) is 31.7 Å². The van der Waals surface area contributed by atoms with Gasteiger partial charge in [0.05, 0.1) is 0 Å². The average molecular weight is 246 g/mol. The van der Waals surface area contributed by atoms with Crippen LogP contribution in [0.5, 0.6) is 0 Å². The maximum Gasteiger partial charge on any atom is 0.272 e. The van der Waals surface area contributed by atoms with Crippen LogP contribution >= 0.6 is 0 Å². The smallest absolute Gasteiger partial charge is 0.272 e.